The summed E-state index contributed by atoms with van der Waals surface area (Å²) < 4.78 is 5.16. The van der Waals surface area contributed by atoms with Gasteiger partial charge in [0.15, 0.2) is 0 Å². The Kier molecular flexibility index (Phi) is 7.40. The Morgan fingerprint density at radius 1 is 1.00 bits per heavy atom. The van der Waals surface area contributed by atoms with Crippen LogP contribution in [0.2, 0.25) is 0 Å². The highest BCUT2D eigenvalue weighted by Gasteiger charge is 2.32. The number of nitrogens with zero attached hydrogens (tertiary/aromatic N) is 2. The van der Waals surface area contributed by atoms with Crippen LogP contribution in [0.5, 0.6) is 5.75 Å². The van der Waals surface area contributed by atoms with Crippen molar-refractivity contribution in [2.24, 2.45) is 11.3 Å². The average molecular weight is 416 g/mol. The van der Waals surface area contributed by atoms with Crippen molar-refractivity contribution in [1.82, 2.24) is 9.80 Å². The summed E-state index contributed by atoms with van der Waals surface area (Å²) >= 11 is 0. The van der Waals surface area contributed by atoms with E-state index in [1.807, 2.05) is 29.2 Å². The van der Waals surface area contributed by atoms with Crippen LogP contribution >= 0.6 is 0 Å². The number of carbonyl (C=O) groups excluding carboxylic acids is 2. The molecular formula is C24H37N3O3. The highest BCUT2D eigenvalue weighted by atomic mass is 16.5. The predicted octanol–water partition coefficient (Wildman–Crippen LogP) is 3.77. The summed E-state index contributed by atoms with van der Waals surface area (Å²) in [5.41, 5.74) is 0.859. The smallest absolute Gasteiger partial charge is 0.227 e. The quantitative estimate of drug-likeness (QED) is 0.795. The fourth-order valence-electron chi connectivity index (χ4n) is 4.49. The summed E-state index contributed by atoms with van der Waals surface area (Å²) in [7, 11) is 1.63. The molecule has 30 heavy (non-hydrogen) atoms. The summed E-state index contributed by atoms with van der Waals surface area (Å²) in [5, 5.41) is 3.04. The average Bonchev–Trinajstić information content (AvgIpc) is 2.73. The van der Waals surface area contributed by atoms with E-state index in [0.717, 1.165) is 63.3 Å². The number of piperidine rings is 2. The third-order valence-corrected chi connectivity index (χ3v) is 6.27. The lowest BCUT2D eigenvalue weighted by Crippen LogP contribution is -2.50. The first-order valence-electron chi connectivity index (χ1n) is 11.2. The van der Waals surface area contributed by atoms with Crippen LogP contribution in [0.3, 0.4) is 0 Å². The number of carbonyl (C=O) groups is 2. The lowest BCUT2D eigenvalue weighted by molar-refractivity contribution is -0.135. The number of hydrogen-bond donors (Lipinski definition) is 1. The maximum atomic E-state index is 12.6. The van der Waals surface area contributed by atoms with Crippen molar-refractivity contribution in [3.05, 3.63) is 24.3 Å². The predicted molar refractivity (Wildman–Crippen MR) is 120 cm³/mol. The second kappa shape index (κ2) is 9.82. The van der Waals surface area contributed by atoms with Gasteiger partial charge in [-0.1, -0.05) is 20.8 Å². The fraction of sp³-hybridized carbons (Fsp3) is 0.667. The Morgan fingerprint density at radius 3 is 2.13 bits per heavy atom. The van der Waals surface area contributed by atoms with Gasteiger partial charge in [0.2, 0.25) is 11.8 Å². The summed E-state index contributed by atoms with van der Waals surface area (Å²) in [6.07, 6.45) is 4.49. The first-order valence-corrected chi connectivity index (χ1v) is 11.2. The van der Waals surface area contributed by atoms with E-state index in [0.29, 0.717) is 12.5 Å². The van der Waals surface area contributed by atoms with Gasteiger partial charge in [-0.05, 0) is 68.5 Å². The van der Waals surface area contributed by atoms with Crippen LogP contribution in [-0.2, 0) is 9.59 Å². The van der Waals surface area contributed by atoms with Crippen LogP contribution in [-0.4, -0.2) is 60.9 Å². The van der Waals surface area contributed by atoms with E-state index in [-0.39, 0.29) is 23.1 Å². The Hall–Kier alpha value is -2.08. The van der Waals surface area contributed by atoms with Gasteiger partial charge in [0, 0.05) is 37.2 Å². The van der Waals surface area contributed by atoms with Crippen molar-refractivity contribution in [2.45, 2.75) is 58.9 Å². The summed E-state index contributed by atoms with van der Waals surface area (Å²) in [6, 6.07) is 8.00. The zero-order valence-corrected chi connectivity index (χ0v) is 18.9. The van der Waals surface area contributed by atoms with Crippen molar-refractivity contribution in [3.63, 3.8) is 0 Å². The molecule has 2 heterocycles. The Bertz CT molecular complexity index is 710. The number of benzene rings is 1. The standard InChI is InChI=1S/C24H37N3O3/c1-24(2,3)17-22(28)27-15-11-20(12-16-27)26-13-9-18(10-14-26)23(29)25-19-5-7-21(30-4)8-6-19/h5-8,18,20H,9-17H2,1-4H3,(H,25,29). The molecule has 2 fully saturated rings. The molecule has 1 aromatic carbocycles. The normalized spacial score (nSPS) is 19.5. The number of nitrogens with one attached hydrogen (secondary N) is 1. The largest absolute Gasteiger partial charge is 0.497 e. The SMILES string of the molecule is COc1ccc(NC(=O)C2CCN(C3CCN(C(=O)CC(C)(C)C)CC3)CC2)cc1. The van der Waals surface area contributed by atoms with Crippen molar-refractivity contribution >= 4 is 17.5 Å². The lowest BCUT2D eigenvalue weighted by Gasteiger charge is -2.42. The van der Waals surface area contributed by atoms with E-state index in [2.05, 4.69) is 31.0 Å². The van der Waals surface area contributed by atoms with E-state index in [1.165, 1.54) is 0 Å². The third kappa shape index (κ3) is 6.21. The Morgan fingerprint density at radius 2 is 1.60 bits per heavy atom. The van der Waals surface area contributed by atoms with Gasteiger partial charge in [0.05, 0.1) is 7.11 Å². The molecule has 2 aliphatic heterocycles. The number of rotatable bonds is 5. The molecule has 0 unspecified atom stereocenters. The first-order chi connectivity index (χ1) is 14.2. The lowest BCUT2D eigenvalue weighted by atomic mass is 9.90. The highest BCUT2D eigenvalue weighted by Crippen LogP contribution is 2.27. The Labute approximate surface area is 180 Å². The van der Waals surface area contributed by atoms with Gasteiger partial charge in [-0.25, -0.2) is 0 Å². The van der Waals surface area contributed by atoms with Crippen LogP contribution in [0.15, 0.2) is 24.3 Å². The van der Waals surface area contributed by atoms with E-state index >= 15 is 0 Å². The molecule has 166 valence electrons. The number of hydrogen-bond acceptors (Lipinski definition) is 4. The molecule has 2 amide bonds. The molecular weight excluding hydrogens is 378 g/mol. The maximum Gasteiger partial charge on any atom is 0.227 e. The van der Waals surface area contributed by atoms with Crippen LogP contribution in [0, 0.1) is 11.3 Å². The van der Waals surface area contributed by atoms with Crippen molar-refractivity contribution in [2.75, 3.05) is 38.6 Å². The zero-order valence-electron chi connectivity index (χ0n) is 18.9. The maximum absolute atomic E-state index is 12.6. The van der Waals surface area contributed by atoms with Crippen LogP contribution in [0.4, 0.5) is 5.69 Å². The van der Waals surface area contributed by atoms with E-state index in [4.69, 9.17) is 4.74 Å². The molecule has 0 saturated carbocycles. The van der Waals surface area contributed by atoms with Gasteiger partial charge < -0.3 is 19.9 Å². The second-order valence-electron chi connectivity index (χ2n) is 9.88. The Balaban J connectivity index is 1.41. The molecule has 2 saturated heterocycles. The molecule has 1 N–H and O–H groups in total. The number of ether oxygens (including phenoxy) is 1. The van der Waals surface area contributed by atoms with Crippen LogP contribution < -0.4 is 10.1 Å². The number of amides is 2. The minimum Gasteiger partial charge on any atom is -0.497 e. The molecule has 0 atom stereocenters. The molecule has 3 rings (SSSR count). The van der Waals surface area contributed by atoms with Gasteiger partial charge in [0.1, 0.15) is 5.75 Å². The molecule has 2 aliphatic rings. The summed E-state index contributed by atoms with van der Waals surface area (Å²) in [4.78, 5) is 29.7. The van der Waals surface area contributed by atoms with Crippen molar-refractivity contribution < 1.29 is 14.3 Å². The minimum atomic E-state index is 0.0439. The van der Waals surface area contributed by atoms with Gasteiger partial charge in [-0.3, -0.25) is 9.59 Å². The summed E-state index contributed by atoms with van der Waals surface area (Å²) in [5.74, 6) is 1.25. The van der Waals surface area contributed by atoms with Crippen LogP contribution in [0.1, 0.15) is 52.9 Å². The molecule has 0 spiro atoms. The van der Waals surface area contributed by atoms with Gasteiger partial charge >= 0.3 is 0 Å². The molecule has 6 heteroatoms. The van der Waals surface area contributed by atoms with E-state index in [1.54, 1.807) is 7.11 Å². The second-order valence-corrected chi connectivity index (χ2v) is 9.88. The number of likely N-dealkylation sites (tertiary alicyclic amines) is 2. The zero-order chi connectivity index (χ0) is 21.7. The highest BCUT2D eigenvalue weighted by molar-refractivity contribution is 5.92. The first kappa shape index (κ1) is 22.6. The van der Waals surface area contributed by atoms with E-state index in [9.17, 15) is 9.59 Å². The monoisotopic (exact) mass is 415 g/mol. The molecule has 6 nitrogen and oxygen atoms in total. The molecule has 0 aromatic heterocycles. The molecule has 1 aromatic rings. The molecule has 0 radical (unpaired) electrons. The molecule has 0 aliphatic carbocycles. The van der Waals surface area contributed by atoms with E-state index < -0.39 is 0 Å². The minimum absolute atomic E-state index is 0.0439. The van der Waals surface area contributed by atoms with Crippen molar-refractivity contribution in [3.8, 4) is 5.75 Å². The van der Waals surface area contributed by atoms with Crippen LogP contribution in [0.25, 0.3) is 0 Å². The third-order valence-electron chi connectivity index (χ3n) is 6.27. The molecule has 0 bridgehead atoms. The van der Waals surface area contributed by atoms with Gasteiger partial charge in [-0.15, -0.1) is 0 Å². The fourth-order valence-corrected chi connectivity index (χ4v) is 4.49. The number of methoxy groups -OCH3 is 1. The van der Waals surface area contributed by atoms with Crippen molar-refractivity contribution in [1.29, 1.82) is 0 Å². The summed E-state index contributed by atoms with van der Waals surface area (Å²) in [6.45, 7) is 9.99. The van der Waals surface area contributed by atoms with Gasteiger partial charge in [-0.2, -0.15) is 0 Å². The topological polar surface area (TPSA) is 61.9 Å². The number of anilines is 1. The van der Waals surface area contributed by atoms with Gasteiger partial charge in [0.25, 0.3) is 0 Å².